The van der Waals surface area contributed by atoms with E-state index in [1.807, 2.05) is 0 Å². The summed E-state index contributed by atoms with van der Waals surface area (Å²) in [7, 11) is 0. The summed E-state index contributed by atoms with van der Waals surface area (Å²) in [6.45, 7) is 10.1. The van der Waals surface area contributed by atoms with Crippen LogP contribution in [0.1, 0.15) is 26.7 Å². The van der Waals surface area contributed by atoms with Crippen molar-refractivity contribution in [3.05, 3.63) is 25.3 Å². The maximum Gasteiger partial charge on any atom is 0.186 e. The van der Waals surface area contributed by atoms with Gasteiger partial charge in [-0.2, -0.15) is 0 Å². The number of carbonyl (C=O) groups is 2. The first-order valence-corrected chi connectivity index (χ1v) is 9.07. The zero-order valence-corrected chi connectivity index (χ0v) is 15.3. The minimum Gasteiger partial charge on any atom is -0.390 e. The topological polar surface area (TPSA) is 83.8 Å². The molecule has 0 aliphatic heterocycles. The quantitative estimate of drug-likeness (QED) is 0.515. The maximum atomic E-state index is 11.2. The predicted molar refractivity (Wildman–Crippen MR) is 96.6 cm³/mol. The van der Waals surface area contributed by atoms with Crippen molar-refractivity contribution in [2.45, 2.75) is 49.4 Å². The van der Waals surface area contributed by atoms with Crippen molar-refractivity contribution in [1.29, 1.82) is 0 Å². The zero-order valence-electron chi connectivity index (χ0n) is 13.6. The van der Waals surface area contributed by atoms with Crippen molar-refractivity contribution in [1.82, 2.24) is 0 Å². The van der Waals surface area contributed by atoms with Gasteiger partial charge in [0, 0.05) is 24.3 Å². The van der Waals surface area contributed by atoms with Crippen LogP contribution in [0.4, 0.5) is 0 Å². The van der Waals surface area contributed by atoms with Gasteiger partial charge in [-0.05, 0) is 12.8 Å². The molecule has 0 radical (unpaired) electrons. The molecule has 0 saturated carbocycles. The molecule has 0 heterocycles. The molecular formula is C16H26O5S2. The summed E-state index contributed by atoms with van der Waals surface area (Å²) in [6, 6.07) is 0. The second-order valence-electron chi connectivity index (χ2n) is 5.02. The van der Waals surface area contributed by atoms with Crippen molar-refractivity contribution >= 4 is 33.8 Å². The fraction of sp³-hybridized carbons (Fsp3) is 0.625. The first-order valence-electron chi connectivity index (χ1n) is 7.31. The standard InChI is InChI=1S/C16H26O5S2/c1-5-7-15(22-11(3)17)13(19)9-21-10-14(20)16(8-6-2)23-12(4)18/h5-6,13-16,19-20H,1-2,7-10H2,3-4H3. The lowest BCUT2D eigenvalue weighted by molar-refractivity contribution is -0.110. The molecule has 132 valence electrons. The lowest BCUT2D eigenvalue weighted by Gasteiger charge is -2.23. The molecular weight excluding hydrogens is 336 g/mol. The number of hydrogen-bond acceptors (Lipinski definition) is 7. The number of thioether (sulfide) groups is 2. The lowest BCUT2D eigenvalue weighted by Crippen LogP contribution is -2.33. The van der Waals surface area contributed by atoms with E-state index in [1.165, 1.54) is 13.8 Å². The minimum absolute atomic E-state index is 0.00138. The molecule has 2 N–H and O–H groups in total. The fourth-order valence-corrected chi connectivity index (χ4v) is 3.64. The SMILES string of the molecule is C=CCC(SC(C)=O)C(O)COCC(O)C(CC=C)SC(C)=O. The number of hydrogen-bond donors (Lipinski definition) is 2. The van der Waals surface area contributed by atoms with Gasteiger partial charge in [0.2, 0.25) is 0 Å². The van der Waals surface area contributed by atoms with Crippen LogP contribution in [0.3, 0.4) is 0 Å². The summed E-state index contributed by atoms with van der Waals surface area (Å²) in [4.78, 5) is 22.3. The van der Waals surface area contributed by atoms with Crippen LogP contribution in [0.15, 0.2) is 25.3 Å². The summed E-state index contributed by atoms with van der Waals surface area (Å²) in [5.41, 5.74) is 0. The number of ether oxygens (including phenoxy) is 1. The number of allylic oxidation sites excluding steroid dienone is 2. The number of carbonyl (C=O) groups excluding carboxylic acids is 2. The van der Waals surface area contributed by atoms with Gasteiger partial charge in [0.15, 0.2) is 10.2 Å². The normalized spacial score (nSPS) is 16.2. The zero-order chi connectivity index (χ0) is 17.8. The maximum absolute atomic E-state index is 11.2. The predicted octanol–water partition coefficient (Wildman–Crippen LogP) is 2.17. The Morgan fingerprint density at radius 2 is 1.30 bits per heavy atom. The van der Waals surface area contributed by atoms with E-state index in [0.717, 1.165) is 23.5 Å². The van der Waals surface area contributed by atoms with Gasteiger partial charge in [0.05, 0.1) is 25.4 Å². The average molecular weight is 363 g/mol. The third kappa shape index (κ3) is 10.7. The molecule has 0 aliphatic rings. The van der Waals surface area contributed by atoms with Crippen molar-refractivity contribution in [3.63, 3.8) is 0 Å². The molecule has 0 aromatic rings. The van der Waals surface area contributed by atoms with Gasteiger partial charge in [-0.1, -0.05) is 35.7 Å². The Labute approximate surface area is 146 Å². The molecule has 0 aliphatic carbocycles. The van der Waals surface area contributed by atoms with E-state index in [4.69, 9.17) is 4.74 Å². The molecule has 0 aromatic carbocycles. The lowest BCUT2D eigenvalue weighted by atomic mass is 10.2. The van der Waals surface area contributed by atoms with Crippen LogP contribution in [0.25, 0.3) is 0 Å². The van der Waals surface area contributed by atoms with Gasteiger partial charge >= 0.3 is 0 Å². The van der Waals surface area contributed by atoms with Crippen LogP contribution >= 0.6 is 23.5 Å². The van der Waals surface area contributed by atoms with E-state index in [2.05, 4.69) is 13.2 Å². The molecule has 0 aromatic heterocycles. The molecule has 0 bridgehead atoms. The van der Waals surface area contributed by atoms with Crippen molar-refractivity contribution in [3.8, 4) is 0 Å². The summed E-state index contributed by atoms with van der Waals surface area (Å²) in [5, 5.41) is 19.4. The Kier molecular flexibility index (Phi) is 12.4. The largest absolute Gasteiger partial charge is 0.390 e. The molecule has 0 rings (SSSR count). The molecule has 0 saturated heterocycles. The number of aliphatic hydroxyl groups excluding tert-OH is 2. The van der Waals surface area contributed by atoms with Crippen LogP contribution < -0.4 is 0 Å². The molecule has 23 heavy (non-hydrogen) atoms. The Hall–Kier alpha value is -0.600. The summed E-state index contributed by atoms with van der Waals surface area (Å²) >= 11 is 2.10. The minimum atomic E-state index is -0.840. The Morgan fingerprint density at radius 1 is 0.957 bits per heavy atom. The Morgan fingerprint density at radius 3 is 1.57 bits per heavy atom. The summed E-state index contributed by atoms with van der Waals surface area (Å²) in [6.07, 6.45) is 2.57. The van der Waals surface area contributed by atoms with Gasteiger partial charge < -0.3 is 14.9 Å². The second kappa shape index (κ2) is 12.8. The highest BCUT2D eigenvalue weighted by Gasteiger charge is 2.23. The van der Waals surface area contributed by atoms with Crippen LogP contribution in [-0.4, -0.2) is 56.4 Å². The van der Waals surface area contributed by atoms with Gasteiger partial charge in [0.1, 0.15) is 0 Å². The van der Waals surface area contributed by atoms with E-state index in [-0.39, 0.29) is 33.9 Å². The van der Waals surface area contributed by atoms with Crippen LogP contribution in [0.5, 0.6) is 0 Å². The molecule has 0 fully saturated rings. The molecule has 0 spiro atoms. The summed E-state index contributed by atoms with van der Waals surface area (Å²) < 4.78 is 5.36. The third-order valence-corrected chi connectivity index (χ3v) is 5.15. The smallest absolute Gasteiger partial charge is 0.186 e. The highest BCUT2D eigenvalue weighted by molar-refractivity contribution is 8.14. The van der Waals surface area contributed by atoms with Gasteiger partial charge in [-0.3, -0.25) is 9.59 Å². The molecule has 7 heteroatoms. The summed E-state index contributed by atoms with van der Waals surface area (Å²) in [5.74, 6) is 0. The second-order valence-corrected chi connectivity index (χ2v) is 7.85. The monoisotopic (exact) mass is 362 g/mol. The number of rotatable bonds is 12. The van der Waals surface area contributed by atoms with Gasteiger partial charge in [-0.15, -0.1) is 13.2 Å². The van der Waals surface area contributed by atoms with Crippen LogP contribution in [-0.2, 0) is 14.3 Å². The van der Waals surface area contributed by atoms with E-state index in [0.29, 0.717) is 12.8 Å². The molecule has 0 amide bonds. The van der Waals surface area contributed by atoms with Gasteiger partial charge in [0.25, 0.3) is 0 Å². The third-order valence-electron chi connectivity index (χ3n) is 2.87. The molecule has 4 unspecified atom stereocenters. The molecule has 4 atom stereocenters. The highest BCUT2D eigenvalue weighted by atomic mass is 32.2. The average Bonchev–Trinajstić information content (AvgIpc) is 2.45. The van der Waals surface area contributed by atoms with E-state index in [1.54, 1.807) is 12.2 Å². The van der Waals surface area contributed by atoms with Crippen LogP contribution in [0, 0.1) is 0 Å². The van der Waals surface area contributed by atoms with E-state index < -0.39 is 12.2 Å². The van der Waals surface area contributed by atoms with Crippen LogP contribution in [0.2, 0.25) is 0 Å². The van der Waals surface area contributed by atoms with Crippen molar-refractivity contribution < 1.29 is 24.5 Å². The Balaban J connectivity index is 4.36. The number of aliphatic hydroxyl groups is 2. The van der Waals surface area contributed by atoms with Crippen molar-refractivity contribution in [2.24, 2.45) is 0 Å². The van der Waals surface area contributed by atoms with Gasteiger partial charge in [-0.25, -0.2) is 0 Å². The highest BCUT2D eigenvalue weighted by Crippen LogP contribution is 2.22. The first kappa shape index (κ1) is 22.4. The fourth-order valence-electron chi connectivity index (χ4n) is 1.85. The van der Waals surface area contributed by atoms with E-state index in [9.17, 15) is 19.8 Å². The first-order chi connectivity index (χ1) is 10.8. The van der Waals surface area contributed by atoms with Crippen molar-refractivity contribution in [2.75, 3.05) is 13.2 Å². The Bertz CT molecular complexity index is 364. The molecule has 5 nitrogen and oxygen atoms in total. The van der Waals surface area contributed by atoms with E-state index >= 15 is 0 Å².